The van der Waals surface area contributed by atoms with Gasteiger partial charge in [-0.15, -0.1) is 21.5 Å². The van der Waals surface area contributed by atoms with Crippen LogP contribution < -0.4 is 0 Å². The van der Waals surface area contributed by atoms with Crippen molar-refractivity contribution in [3.8, 4) is 0 Å². The fraction of sp³-hybridized carbons (Fsp3) is 0.294. The van der Waals surface area contributed by atoms with E-state index >= 15 is 0 Å². The molecule has 0 N–H and O–H groups in total. The predicted molar refractivity (Wildman–Crippen MR) is 92.9 cm³/mol. The molecular formula is C17H19N5OS. The number of nitrogens with zero attached hydrogens (tertiary/aromatic N) is 5. The van der Waals surface area contributed by atoms with Crippen LogP contribution in [-0.4, -0.2) is 37.6 Å². The van der Waals surface area contributed by atoms with E-state index in [1.165, 1.54) is 16.9 Å². The number of benzene rings is 1. The maximum Gasteiger partial charge on any atom is 0.273 e. The lowest BCUT2D eigenvalue weighted by atomic mass is 10.2. The Balaban J connectivity index is 1.67. The van der Waals surface area contributed by atoms with Crippen LogP contribution in [0.1, 0.15) is 33.8 Å². The number of amides is 1. The van der Waals surface area contributed by atoms with Crippen molar-refractivity contribution >= 4 is 17.2 Å². The van der Waals surface area contributed by atoms with E-state index in [-0.39, 0.29) is 5.91 Å². The first kappa shape index (κ1) is 16.3. The smallest absolute Gasteiger partial charge is 0.273 e. The Morgan fingerprint density at radius 1 is 1.29 bits per heavy atom. The van der Waals surface area contributed by atoms with Crippen LogP contribution >= 0.6 is 11.3 Å². The number of carbonyl (C=O) groups is 1. The van der Waals surface area contributed by atoms with Gasteiger partial charge in [0.25, 0.3) is 5.91 Å². The third kappa shape index (κ3) is 3.68. The van der Waals surface area contributed by atoms with Crippen LogP contribution in [0.5, 0.6) is 0 Å². The Hall–Kier alpha value is -2.54. The quantitative estimate of drug-likeness (QED) is 0.691. The molecule has 0 fully saturated rings. The second-order valence-electron chi connectivity index (χ2n) is 5.48. The summed E-state index contributed by atoms with van der Waals surface area (Å²) < 4.78 is 1.92. The fourth-order valence-electron chi connectivity index (χ4n) is 2.41. The molecule has 3 rings (SSSR count). The minimum absolute atomic E-state index is 0.101. The highest BCUT2D eigenvalue weighted by Crippen LogP contribution is 2.16. The van der Waals surface area contributed by atoms with Crippen molar-refractivity contribution in [1.82, 2.24) is 24.6 Å². The molecule has 0 atom stereocenters. The zero-order chi connectivity index (χ0) is 16.9. The zero-order valence-electron chi connectivity index (χ0n) is 13.7. The van der Waals surface area contributed by atoms with E-state index in [9.17, 15) is 4.79 Å². The third-order valence-corrected chi connectivity index (χ3v) is 4.58. The standard InChI is InChI=1S/C17H19N5OS/c1-3-22-12-18-20-15(22)10-21(2)17(23)14-11-24-16(19-14)9-13-7-5-4-6-8-13/h4-8,11-12H,3,9-10H2,1-2H3. The first-order valence-electron chi connectivity index (χ1n) is 7.78. The molecule has 6 nitrogen and oxygen atoms in total. The minimum Gasteiger partial charge on any atom is -0.333 e. The first-order valence-corrected chi connectivity index (χ1v) is 8.65. The van der Waals surface area contributed by atoms with Crippen LogP contribution in [0.4, 0.5) is 0 Å². The third-order valence-electron chi connectivity index (χ3n) is 3.73. The second kappa shape index (κ2) is 7.35. The molecule has 24 heavy (non-hydrogen) atoms. The molecule has 7 heteroatoms. The lowest BCUT2D eigenvalue weighted by Gasteiger charge is -2.15. The Kier molecular flexibility index (Phi) is 5.00. The first-order chi connectivity index (χ1) is 11.7. The van der Waals surface area contributed by atoms with Gasteiger partial charge in [-0.3, -0.25) is 4.79 Å². The van der Waals surface area contributed by atoms with E-state index in [1.807, 2.05) is 35.1 Å². The van der Waals surface area contributed by atoms with Crippen LogP contribution in [0, 0.1) is 0 Å². The predicted octanol–water partition coefficient (Wildman–Crippen LogP) is 2.62. The molecule has 1 aromatic carbocycles. The van der Waals surface area contributed by atoms with Gasteiger partial charge in [-0.05, 0) is 12.5 Å². The topological polar surface area (TPSA) is 63.9 Å². The van der Waals surface area contributed by atoms with Crippen LogP contribution in [0.2, 0.25) is 0 Å². The zero-order valence-corrected chi connectivity index (χ0v) is 14.5. The lowest BCUT2D eigenvalue weighted by molar-refractivity contribution is 0.0775. The summed E-state index contributed by atoms with van der Waals surface area (Å²) >= 11 is 1.51. The van der Waals surface area contributed by atoms with Gasteiger partial charge >= 0.3 is 0 Å². The molecule has 0 saturated heterocycles. The molecule has 0 bridgehead atoms. The Morgan fingerprint density at radius 3 is 2.83 bits per heavy atom. The number of rotatable bonds is 6. The summed E-state index contributed by atoms with van der Waals surface area (Å²) in [7, 11) is 1.76. The monoisotopic (exact) mass is 341 g/mol. The van der Waals surface area contributed by atoms with Crippen molar-refractivity contribution in [3.63, 3.8) is 0 Å². The number of aromatic nitrogens is 4. The van der Waals surface area contributed by atoms with Gasteiger partial charge in [0, 0.05) is 25.4 Å². The van der Waals surface area contributed by atoms with Crippen LogP contribution in [0.3, 0.4) is 0 Å². The van der Waals surface area contributed by atoms with Crippen molar-refractivity contribution in [2.24, 2.45) is 0 Å². The van der Waals surface area contributed by atoms with E-state index < -0.39 is 0 Å². The van der Waals surface area contributed by atoms with E-state index in [0.717, 1.165) is 23.8 Å². The summed E-state index contributed by atoms with van der Waals surface area (Å²) in [5.74, 6) is 0.671. The Bertz CT molecular complexity index is 811. The fourth-order valence-corrected chi connectivity index (χ4v) is 3.21. The van der Waals surface area contributed by atoms with Gasteiger partial charge < -0.3 is 9.47 Å². The molecule has 3 aromatic rings. The number of hydrogen-bond acceptors (Lipinski definition) is 5. The maximum absolute atomic E-state index is 12.5. The molecule has 0 aliphatic heterocycles. The maximum atomic E-state index is 12.5. The van der Waals surface area contributed by atoms with Gasteiger partial charge in [0.15, 0.2) is 5.82 Å². The van der Waals surface area contributed by atoms with Gasteiger partial charge in [0.2, 0.25) is 0 Å². The van der Waals surface area contributed by atoms with Gasteiger partial charge in [-0.1, -0.05) is 30.3 Å². The number of aryl methyl sites for hydroxylation is 1. The molecular weight excluding hydrogens is 322 g/mol. The van der Waals surface area contributed by atoms with Gasteiger partial charge in [0.05, 0.1) is 11.6 Å². The second-order valence-corrected chi connectivity index (χ2v) is 6.43. The van der Waals surface area contributed by atoms with Crippen LogP contribution in [0.25, 0.3) is 0 Å². The van der Waals surface area contributed by atoms with E-state index in [4.69, 9.17) is 0 Å². The highest BCUT2D eigenvalue weighted by atomic mass is 32.1. The van der Waals surface area contributed by atoms with Gasteiger partial charge in [0.1, 0.15) is 12.0 Å². The van der Waals surface area contributed by atoms with Crippen molar-refractivity contribution in [3.05, 3.63) is 64.1 Å². The van der Waals surface area contributed by atoms with Gasteiger partial charge in [-0.25, -0.2) is 4.98 Å². The van der Waals surface area contributed by atoms with Gasteiger partial charge in [-0.2, -0.15) is 0 Å². The van der Waals surface area contributed by atoms with Crippen LogP contribution in [0.15, 0.2) is 42.0 Å². The molecule has 0 radical (unpaired) electrons. The van der Waals surface area contributed by atoms with Crippen molar-refractivity contribution in [1.29, 1.82) is 0 Å². The molecule has 0 spiro atoms. The average Bonchev–Trinajstić information content (AvgIpc) is 3.24. The van der Waals surface area contributed by atoms with Crippen molar-refractivity contribution in [2.45, 2.75) is 26.4 Å². The highest BCUT2D eigenvalue weighted by Gasteiger charge is 2.17. The molecule has 124 valence electrons. The average molecular weight is 341 g/mol. The Labute approximate surface area is 144 Å². The molecule has 0 aliphatic carbocycles. The summed E-state index contributed by atoms with van der Waals surface area (Å²) in [5, 5.41) is 10.7. The highest BCUT2D eigenvalue weighted by molar-refractivity contribution is 7.09. The van der Waals surface area contributed by atoms with E-state index in [0.29, 0.717) is 12.2 Å². The minimum atomic E-state index is -0.101. The molecule has 0 aliphatic rings. The SMILES string of the molecule is CCn1cnnc1CN(C)C(=O)c1csc(Cc2ccccc2)n1. The molecule has 0 unspecified atom stereocenters. The van der Waals surface area contributed by atoms with Crippen LogP contribution in [-0.2, 0) is 19.5 Å². The Morgan fingerprint density at radius 2 is 2.08 bits per heavy atom. The molecule has 2 heterocycles. The van der Waals surface area contributed by atoms with E-state index in [1.54, 1.807) is 18.3 Å². The largest absolute Gasteiger partial charge is 0.333 e. The molecule has 2 aromatic heterocycles. The summed E-state index contributed by atoms with van der Waals surface area (Å²) in [4.78, 5) is 18.7. The summed E-state index contributed by atoms with van der Waals surface area (Å²) in [5.41, 5.74) is 1.67. The number of hydrogen-bond donors (Lipinski definition) is 0. The summed E-state index contributed by atoms with van der Waals surface area (Å²) in [6.07, 6.45) is 2.42. The summed E-state index contributed by atoms with van der Waals surface area (Å²) in [6, 6.07) is 10.1. The van der Waals surface area contributed by atoms with Crippen molar-refractivity contribution < 1.29 is 4.79 Å². The molecule has 1 amide bonds. The normalized spacial score (nSPS) is 10.8. The summed E-state index contributed by atoms with van der Waals surface area (Å²) in [6.45, 7) is 3.21. The van der Waals surface area contributed by atoms with Crippen molar-refractivity contribution in [2.75, 3.05) is 7.05 Å². The van der Waals surface area contributed by atoms with E-state index in [2.05, 4.69) is 27.3 Å². The lowest BCUT2D eigenvalue weighted by Crippen LogP contribution is -2.28. The molecule has 0 saturated carbocycles. The number of carbonyl (C=O) groups excluding carboxylic acids is 1. The number of thiazole rings is 1.